The van der Waals surface area contributed by atoms with E-state index in [-0.39, 0.29) is 0 Å². The molecule has 1 aliphatic heterocycles. The van der Waals surface area contributed by atoms with Crippen LogP contribution in [0.4, 0.5) is 0 Å². The molecular weight excluding hydrogens is 218 g/mol. The number of unbranched alkanes of at least 4 members (excludes halogenated alkanes) is 3. The van der Waals surface area contributed by atoms with Gasteiger partial charge in [-0.15, -0.1) is 0 Å². The maximum Gasteiger partial charge on any atom is 0.0724 e. The largest absolute Gasteiger partial charge is 0.380 e. The van der Waals surface area contributed by atoms with E-state index < -0.39 is 0 Å². The molecule has 0 amide bonds. The van der Waals surface area contributed by atoms with Crippen LogP contribution in [0, 0.1) is 5.92 Å². The Labute approximate surface area is 106 Å². The first kappa shape index (κ1) is 14.3. The smallest absolute Gasteiger partial charge is 0.0724 e. The van der Waals surface area contributed by atoms with Crippen LogP contribution in [0.3, 0.4) is 0 Å². The molecule has 1 heterocycles. The van der Waals surface area contributed by atoms with Gasteiger partial charge < -0.3 is 9.64 Å². The SMILES string of the molecule is COC1CN(CCCCCCS)CCC1C. The van der Waals surface area contributed by atoms with Gasteiger partial charge >= 0.3 is 0 Å². The van der Waals surface area contributed by atoms with Gasteiger partial charge in [-0.1, -0.05) is 19.8 Å². The summed E-state index contributed by atoms with van der Waals surface area (Å²) in [5, 5.41) is 0. The topological polar surface area (TPSA) is 12.5 Å². The summed E-state index contributed by atoms with van der Waals surface area (Å²) in [7, 11) is 1.84. The van der Waals surface area contributed by atoms with Crippen molar-refractivity contribution in [1.29, 1.82) is 0 Å². The van der Waals surface area contributed by atoms with Gasteiger partial charge in [0.15, 0.2) is 0 Å². The minimum atomic E-state index is 0.450. The number of ether oxygens (including phenoxy) is 1. The van der Waals surface area contributed by atoms with Crippen LogP contribution in [0.25, 0.3) is 0 Å². The van der Waals surface area contributed by atoms with Crippen LogP contribution >= 0.6 is 12.6 Å². The van der Waals surface area contributed by atoms with Gasteiger partial charge in [-0.25, -0.2) is 0 Å². The number of methoxy groups -OCH3 is 1. The Bertz CT molecular complexity index is 177. The summed E-state index contributed by atoms with van der Waals surface area (Å²) < 4.78 is 5.53. The van der Waals surface area contributed by atoms with Crippen molar-refractivity contribution in [3.8, 4) is 0 Å². The number of rotatable bonds is 7. The number of hydrogen-bond acceptors (Lipinski definition) is 3. The first-order valence-electron chi connectivity index (χ1n) is 6.64. The number of likely N-dealkylation sites (tertiary alicyclic amines) is 1. The van der Waals surface area contributed by atoms with E-state index in [0.717, 1.165) is 18.2 Å². The summed E-state index contributed by atoms with van der Waals surface area (Å²) in [4.78, 5) is 2.56. The molecule has 0 radical (unpaired) electrons. The quantitative estimate of drug-likeness (QED) is 0.547. The molecule has 1 aliphatic rings. The number of hydrogen-bond donors (Lipinski definition) is 1. The zero-order chi connectivity index (χ0) is 11.8. The van der Waals surface area contributed by atoms with Crippen LogP contribution in [0.2, 0.25) is 0 Å². The second-order valence-corrected chi connectivity index (χ2v) is 5.43. The lowest BCUT2D eigenvalue weighted by molar-refractivity contribution is -0.00525. The van der Waals surface area contributed by atoms with Crippen molar-refractivity contribution < 1.29 is 4.74 Å². The van der Waals surface area contributed by atoms with Gasteiger partial charge in [0.2, 0.25) is 0 Å². The third kappa shape index (κ3) is 5.07. The fraction of sp³-hybridized carbons (Fsp3) is 1.00. The zero-order valence-corrected chi connectivity index (χ0v) is 11.7. The van der Waals surface area contributed by atoms with Crippen molar-refractivity contribution in [2.45, 2.75) is 45.1 Å². The van der Waals surface area contributed by atoms with Crippen molar-refractivity contribution in [2.75, 3.05) is 32.5 Å². The minimum Gasteiger partial charge on any atom is -0.380 e. The van der Waals surface area contributed by atoms with Crippen LogP contribution in [-0.2, 0) is 4.74 Å². The van der Waals surface area contributed by atoms with Gasteiger partial charge in [0, 0.05) is 13.7 Å². The molecule has 2 nitrogen and oxygen atoms in total. The van der Waals surface area contributed by atoms with Gasteiger partial charge in [-0.2, -0.15) is 12.6 Å². The van der Waals surface area contributed by atoms with E-state index in [9.17, 15) is 0 Å². The van der Waals surface area contributed by atoms with Gasteiger partial charge in [0.25, 0.3) is 0 Å². The van der Waals surface area contributed by atoms with E-state index in [1.54, 1.807) is 0 Å². The average molecular weight is 245 g/mol. The van der Waals surface area contributed by atoms with E-state index in [0.29, 0.717) is 6.10 Å². The molecule has 3 heteroatoms. The Morgan fingerprint density at radius 1 is 1.25 bits per heavy atom. The second-order valence-electron chi connectivity index (χ2n) is 4.98. The molecule has 0 aromatic rings. The van der Waals surface area contributed by atoms with E-state index in [1.165, 1.54) is 45.2 Å². The van der Waals surface area contributed by atoms with Crippen molar-refractivity contribution >= 4 is 12.6 Å². The fourth-order valence-electron chi connectivity index (χ4n) is 2.41. The highest BCUT2D eigenvalue weighted by atomic mass is 32.1. The first-order chi connectivity index (χ1) is 7.77. The molecule has 0 aliphatic carbocycles. The number of nitrogens with zero attached hydrogens (tertiary/aromatic N) is 1. The Hall–Kier alpha value is 0.270. The molecule has 0 aromatic heterocycles. The molecule has 0 saturated carbocycles. The van der Waals surface area contributed by atoms with Crippen LogP contribution in [-0.4, -0.2) is 43.5 Å². The van der Waals surface area contributed by atoms with Gasteiger partial charge in [0.1, 0.15) is 0 Å². The molecule has 16 heavy (non-hydrogen) atoms. The number of thiol groups is 1. The van der Waals surface area contributed by atoms with Gasteiger partial charge in [0.05, 0.1) is 6.10 Å². The monoisotopic (exact) mass is 245 g/mol. The highest BCUT2D eigenvalue weighted by Crippen LogP contribution is 2.19. The van der Waals surface area contributed by atoms with E-state index in [2.05, 4.69) is 24.5 Å². The lowest BCUT2D eigenvalue weighted by atomic mass is 9.95. The summed E-state index contributed by atoms with van der Waals surface area (Å²) in [5.41, 5.74) is 0. The Kier molecular flexibility index (Phi) is 7.50. The lowest BCUT2D eigenvalue weighted by Crippen LogP contribution is -2.44. The van der Waals surface area contributed by atoms with Crippen LogP contribution < -0.4 is 0 Å². The summed E-state index contributed by atoms with van der Waals surface area (Å²) in [6, 6.07) is 0. The van der Waals surface area contributed by atoms with Crippen LogP contribution in [0.1, 0.15) is 39.0 Å². The van der Waals surface area contributed by atoms with Crippen molar-refractivity contribution in [2.24, 2.45) is 5.92 Å². The van der Waals surface area contributed by atoms with Crippen LogP contribution in [0.5, 0.6) is 0 Å². The van der Waals surface area contributed by atoms with Gasteiger partial charge in [-0.3, -0.25) is 0 Å². The summed E-state index contributed by atoms with van der Waals surface area (Å²) in [5.74, 6) is 1.76. The highest BCUT2D eigenvalue weighted by Gasteiger charge is 2.25. The highest BCUT2D eigenvalue weighted by molar-refractivity contribution is 7.80. The molecule has 2 unspecified atom stereocenters. The lowest BCUT2D eigenvalue weighted by Gasteiger charge is -2.36. The number of piperidine rings is 1. The van der Waals surface area contributed by atoms with Crippen molar-refractivity contribution in [1.82, 2.24) is 4.90 Å². The molecule has 0 bridgehead atoms. The van der Waals surface area contributed by atoms with Crippen molar-refractivity contribution in [3.63, 3.8) is 0 Å². The van der Waals surface area contributed by atoms with Crippen LogP contribution in [0.15, 0.2) is 0 Å². The molecule has 0 aromatic carbocycles. The molecule has 0 N–H and O–H groups in total. The normalized spacial score (nSPS) is 27.2. The molecule has 0 spiro atoms. The molecular formula is C13H27NOS. The fourth-order valence-corrected chi connectivity index (χ4v) is 2.63. The maximum atomic E-state index is 5.53. The summed E-state index contributed by atoms with van der Waals surface area (Å²) in [6.07, 6.45) is 7.02. The average Bonchev–Trinajstić information content (AvgIpc) is 2.31. The molecule has 1 saturated heterocycles. The Morgan fingerprint density at radius 2 is 2.00 bits per heavy atom. The third-order valence-electron chi connectivity index (χ3n) is 3.66. The van der Waals surface area contributed by atoms with E-state index in [4.69, 9.17) is 4.74 Å². The predicted octanol–water partition coefficient (Wildman–Crippen LogP) is 2.83. The third-order valence-corrected chi connectivity index (χ3v) is 3.97. The minimum absolute atomic E-state index is 0.450. The molecule has 1 fully saturated rings. The standard InChI is InChI=1S/C13H27NOS/c1-12-7-9-14(11-13(12)15-2)8-5-3-4-6-10-16/h12-13,16H,3-11H2,1-2H3. The maximum absolute atomic E-state index is 5.53. The summed E-state index contributed by atoms with van der Waals surface area (Å²) >= 11 is 4.23. The van der Waals surface area contributed by atoms with Crippen molar-refractivity contribution in [3.05, 3.63) is 0 Å². The molecule has 1 rings (SSSR count). The van der Waals surface area contributed by atoms with E-state index >= 15 is 0 Å². The second kappa shape index (κ2) is 8.37. The molecule has 96 valence electrons. The molecule has 2 atom stereocenters. The van der Waals surface area contributed by atoms with Gasteiger partial charge in [-0.05, 0) is 44.0 Å². The Balaban J connectivity index is 2.08. The van der Waals surface area contributed by atoms with E-state index in [1.807, 2.05) is 7.11 Å². The first-order valence-corrected chi connectivity index (χ1v) is 7.27. The zero-order valence-electron chi connectivity index (χ0n) is 10.8. The predicted molar refractivity (Wildman–Crippen MR) is 73.3 cm³/mol. The Morgan fingerprint density at radius 3 is 2.69 bits per heavy atom. The summed E-state index contributed by atoms with van der Waals surface area (Å²) in [6.45, 7) is 5.94.